The SMILES string of the molecule is FC(F)=C(F)Oc1ccc(OC(F)=C(F)F)c2c1C1c3ccccc3C2c2ccccc21. The Morgan fingerprint density at radius 2 is 0.812 bits per heavy atom. The fraction of sp³-hybridized carbons (Fsp3) is 0.0833. The summed E-state index contributed by atoms with van der Waals surface area (Å²) in [5.74, 6) is -1.64. The molecule has 0 radical (unpaired) electrons. The predicted molar refractivity (Wildman–Crippen MR) is 103 cm³/mol. The molecule has 0 N–H and O–H groups in total. The predicted octanol–water partition coefficient (Wildman–Crippen LogP) is 7.50. The lowest BCUT2D eigenvalue weighted by atomic mass is 9.60. The summed E-state index contributed by atoms with van der Waals surface area (Å²) >= 11 is 0. The molecule has 0 aromatic heterocycles. The Morgan fingerprint density at radius 3 is 1.09 bits per heavy atom. The maximum Gasteiger partial charge on any atom is 0.344 e. The van der Waals surface area contributed by atoms with Crippen molar-refractivity contribution in [3.05, 3.63) is 118 Å². The van der Waals surface area contributed by atoms with Crippen LogP contribution in [0.4, 0.5) is 26.3 Å². The van der Waals surface area contributed by atoms with Gasteiger partial charge in [-0.3, -0.25) is 0 Å². The fourth-order valence-electron chi connectivity index (χ4n) is 4.67. The Morgan fingerprint density at radius 1 is 0.500 bits per heavy atom. The molecule has 6 rings (SSSR count). The van der Waals surface area contributed by atoms with Gasteiger partial charge in [-0.2, -0.15) is 26.3 Å². The first-order chi connectivity index (χ1) is 15.4. The van der Waals surface area contributed by atoms with Crippen LogP contribution in [0.2, 0.25) is 0 Å². The average Bonchev–Trinajstić information content (AvgIpc) is 2.79. The van der Waals surface area contributed by atoms with Gasteiger partial charge in [0.1, 0.15) is 11.5 Å². The van der Waals surface area contributed by atoms with E-state index in [0.717, 1.165) is 34.4 Å². The van der Waals surface area contributed by atoms with Crippen molar-refractivity contribution in [1.82, 2.24) is 0 Å². The highest BCUT2D eigenvalue weighted by molar-refractivity contribution is 5.73. The Labute approximate surface area is 178 Å². The van der Waals surface area contributed by atoms with Gasteiger partial charge < -0.3 is 9.47 Å². The molecule has 2 nitrogen and oxygen atoms in total. The van der Waals surface area contributed by atoms with E-state index >= 15 is 0 Å². The van der Waals surface area contributed by atoms with E-state index in [1.807, 2.05) is 24.3 Å². The minimum atomic E-state index is -2.64. The highest BCUT2D eigenvalue weighted by Gasteiger charge is 2.45. The molecule has 32 heavy (non-hydrogen) atoms. The lowest BCUT2D eigenvalue weighted by Crippen LogP contribution is -2.28. The van der Waals surface area contributed by atoms with E-state index < -0.39 is 36.0 Å². The summed E-state index contributed by atoms with van der Waals surface area (Å²) < 4.78 is 88.2. The lowest BCUT2D eigenvalue weighted by Gasteiger charge is -2.43. The second-order valence-corrected chi connectivity index (χ2v) is 7.29. The summed E-state index contributed by atoms with van der Waals surface area (Å²) in [5.41, 5.74) is 3.81. The first-order valence-electron chi connectivity index (χ1n) is 9.50. The van der Waals surface area contributed by atoms with Crippen molar-refractivity contribution in [3.63, 3.8) is 0 Å². The first-order valence-corrected chi connectivity index (χ1v) is 9.50. The molecule has 3 aromatic carbocycles. The normalized spacial score (nSPS) is 17.1. The minimum absolute atomic E-state index is 0.234. The van der Waals surface area contributed by atoms with E-state index in [9.17, 15) is 26.3 Å². The van der Waals surface area contributed by atoms with Crippen molar-refractivity contribution in [2.24, 2.45) is 0 Å². The second-order valence-electron chi connectivity index (χ2n) is 7.29. The Bertz CT molecular complexity index is 1160. The van der Waals surface area contributed by atoms with E-state index in [2.05, 4.69) is 0 Å². The van der Waals surface area contributed by atoms with Gasteiger partial charge in [0, 0.05) is 23.0 Å². The molecule has 0 spiro atoms. The van der Waals surface area contributed by atoms with Crippen molar-refractivity contribution in [3.8, 4) is 11.5 Å². The molecule has 0 fully saturated rings. The average molecular weight is 446 g/mol. The number of hydrogen-bond acceptors (Lipinski definition) is 2. The monoisotopic (exact) mass is 446 g/mol. The Hall–Kier alpha value is -3.68. The van der Waals surface area contributed by atoms with Gasteiger partial charge in [-0.1, -0.05) is 48.5 Å². The van der Waals surface area contributed by atoms with E-state index in [4.69, 9.17) is 9.47 Å². The molecule has 0 heterocycles. The molecular formula is C24H12F6O2. The van der Waals surface area contributed by atoms with E-state index in [-0.39, 0.29) is 22.6 Å². The van der Waals surface area contributed by atoms with E-state index in [1.54, 1.807) is 24.3 Å². The molecule has 0 saturated heterocycles. The summed E-state index contributed by atoms with van der Waals surface area (Å²) in [6.45, 7) is 0. The molecule has 3 aromatic rings. The maximum absolute atomic E-state index is 13.7. The summed E-state index contributed by atoms with van der Waals surface area (Å²) in [6, 6.07) is 12.6. The summed E-state index contributed by atoms with van der Waals surface area (Å²) in [6.07, 6.45) is -5.29. The van der Waals surface area contributed by atoms with Gasteiger partial charge in [0.25, 0.3) is 0 Å². The second kappa shape index (κ2) is 7.47. The van der Waals surface area contributed by atoms with Crippen molar-refractivity contribution >= 4 is 0 Å². The molecule has 3 aliphatic carbocycles. The number of halogens is 6. The quantitative estimate of drug-likeness (QED) is 0.210. The molecule has 2 bridgehead atoms. The summed E-state index contributed by atoms with van der Waals surface area (Å²) in [7, 11) is 0. The van der Waals surface area contributed by atoms with Gasteiger partial charge in [-0.05, 0) is 34.4 Å². The topological polar surface area (TPSA) is 18.5 Å². The van der Waals surface area contributed by atoms with Crippen LogP contribution in [0.5, 0.6) is 11.5 Å². The molecule has 0 saturated carbocycles. The van der Waals surface area contributed by atoms with Crippen molar-refractivity contribution < 1.29 is 35.8 Å². The minimum Gasteiger partial charge on any atom is -0.427 e. The van der Waals surface area contributed by atoms with Crippen LogP contribution in [-0.2, 0) is 0 Å². The Balaban J connectivity index is 1.82. The molecular weight excluding hydrogens is 434 g/mol. The van der Waals surface area contributed by atoms with Gasteiger partial charge in [0.2, 0.25) is 0 Å². The lowest BCUT2D eigenvalue weighted by molar-refractivity contribution is 0.233. The standard InChI is InChI=1S/C24H12F6O2/c25-21(26)23(29)31-15-9-10-16(32-24(30)22(27)28)20-18-12-6-2-1-5-11(12)17(19(15)20)13-7-3-4-8-14(13)18/h1-10,17-18H. The Kier molecular flexibility index (Phi) is 4.73. The fourth-order valence-corrected chi connectivity index (χ4v) is 4.67. The zero-order valence-corrected chi connectivity index (χ0v) is 16.0. The summed E-state index contributed by atoms with van der Waals surface area (Å²) in [4.78, 5) is 0. The van der Waals surface area contributed by atoms with E-state index in [1.165, 1.54) is 0 Å². The number of hydrogen-bond donors (Lipinski definition) is 0. The van der Waals surface area contributed by atoms with E-state index in [0.29, 0.717) is 0 Å². The molecule has 0 aliphatic heterocycles. The molecule has 0 amide bonds. The highest BCUT2D eigenvalue weighted by atomic mass is 19.3. The molecule has 0 atom stereocenters. The molecule has 8 heteroatoms. The first kappa shape index (κ1) is 20.2. The summed E-state index contributed by atoms with van der Waals surface area (Å²) in [5, 5.41) is 0. The van der Waals surface area contributed by atoms with Crippen LogP contribution >= 0.6 is 0 Å². The van der Waals surface area contributed by atoms with Gasteiger partial charge in [0.05, 0.1) is 0 Å². The van der Waals surface area contributed by atoms with Gasteiger partial charge in [0.15, 0.2) is 0 Å². The largest absolute Gasteiger partial charge is 0.427 e. The van der Waals surface area contributed by atoms with Gasteiger partial charge in [-0.25, -0.2) is 0 Å². The van der Waals surface area contributed by atoms with Crippen LogP contribution in [0.25, 0.3) is 0 Å². The van der Waals surface area contributed by atoms with Gasteiger partial charge >= 0.3 is 24.2 Å². The number of ether oxygens (including phenoxy) is 2. The maximum atomic E-state index is 13.7. The van der Waals surface area contributed by atoms with Crippen LogP contribution in [0, 0.1) is 0 Å². The van der Waals surface area contributed by atoms with Crippen molar-refractivity contribution in [1.29, 1.82) is 0 Å². The zero-order valence-electron chi connectivity index (χ0n) is 16.0. The third-order valence-electron chi connectivity index (χ3n) is 5.72. The van der Waals surface area contributed by atoms with Crippen LogP contribution in [0.3, 0.4) is 0 Å². The molecule has 162 valence electrons. The van der Waals surface area contributed by atoms with Crippen LogP contribution in [-0.4, -0.2) is 0 Å². The van der Waals surface area contributed by atoms with Crippen molar-refractivity contribution in [2.75, 3.05) is 0 Å². The third kappa shape index (κ3) is 2.97. The van der Waals surface area contributed by atoms with Crippen LogP contribution in [0.15, 0.2) is 84.9 Å². The smallest absolute Gasteiger partial charge is 0.344 e. The third-order valence-corrected chi connectivity index (χ3v) is 5.72. The van der Waals surface area contributed by atoms with Crippen molar-refractivity contribution in [2.45, 2.75) is 11.8 Å². The van der Waals surface area contributed by atoms with Crippen LogP contribution in [0.1, 0.15) is 45.2 Å². The number of benzene rings is 3. The van der Waals surface area contributed by atoms with Gasteiger partial charge in [-0.15, -0.1) is 0 Å². The molecule has 3 aliphatic rings. The van der Waals surface area contributed by atoms with Crippen LogP contribution < -0.4 is 9.47 Å². The zero-order chi connectivity index (χ0) is 22.6. The molecule has 0 unspecified atom stereocenters. The highest BCUT2D eigenvalue weighted by Crippen LogP contribution is 2.60. The number of rotatable bonds is 4.